The summed E-state index contributed by atoms with van der Waals surface area (Å²) in [6, 6.07) is 6.45. The molecule has 0 aromatic heterocycles. The molecule has 0 fully saturated rings. The van der Waals surface area contributed by atoms with E-state index in [0.29, 0.717) is 11.1 Å². The van der Waals surface area contributed by atoms with Crippen LogP contribution >= 0.6 is 0 Å². The van der Waals surface area contributed by atoms with Crippen LogP contribution in [0, 0.1) is 0 Å². The fourth-order valence-electron chi connectivity index (χ4n) is 1.72. The molecular formula is C13H11F2NO2. The van der Waals surface area contributed by atoms with Crippen molar-refractivity contribution in [2.45, 2.75) is 12.6 Å². The minimum atomic E-state index is -1.60. The Morgan fingerprint density at radius 1 is 1.17 bits per heavy atom. The number of benzene rings is 1. The van der Waals surface area contributed by atoms with Gasteiger partial charge in [-0.05, 0) is 12.1 Å². The van der Waals surface area contributed by atoms with Crippen LogP contribution in [0.5, 0.6) is 0 Å². The van der Waals surface area contributed by atoms with Crippen molar-refractivity contribution in [2.24, 2.45) is 0 Å². The lowest BCUT2D eigenvalue weighted by atomic mass is 10.1. The molecule has 5 heteroatoms. The molecule has 0 radical (unpaired) electrons. The van der Waals surface area contributed by atoms with Crippen LogP contribution in [0.25, 0.3) is 0 Å². The summed E-state index contributed by atoms with van der Waals surface area (Å²) in [5.74, 6) is -0.884. The van der Waals surface area contributed by atoms with Gasteiger partial charge < -0.3 is 0 Å². The Labute approximate surface area is 103 Å². The number of hydrogen-bond donors (Lipinski definition) is 0. The highest BCUT2D eigenvalue weighted by atomic mass is 19.2. The largest absolute Gasteiger partial charge is 0.268 e. The Morgan fingerprint density at radius 3 is 2.22 bits per heavy atom. The van der Waals surface area contributed by atoms with Crippen molar-refractivity contribution in [2.75, 3.05) is 6.67 Å². The third-order valence-corrected chi connectivity index (χ3v) is 2.64. The van der Waals surface area contributed by atoms with Crippen molar-refractivity contribution in [3.63, 3.8) is 0 Å². The predicted molar refractivity (Wildman–Crippen MR) is 61.6 cm³/mol. The van der Waals surface area contributed by atoms with Gasteiger partial charge in [0.25, 0.3) is 11.8 Å². The van der Waals surface area contributed by atoms with E-state index in [4.69, 9.17) is 0 Å². The molecule has 0 saturated heterocycles. The van der Waals surface area contributed by atoms with E-state index < -0.39 is 24.7 Å². The maximum atomic E-state index is 12.6. The number of allylic oxidation sites excluding steroid dienone is 1. The van der Waals surface area contributed by atoms with Gasteiger partial charge in [-0.15, -0.1) is 0 Å². The van der Waals surface area contributed by atoms with Gasteiger partial charge in [0.2, 0.25) is 0 Å². The van der Waals surface area contributed by atoms with Gasteiger partial charge >= 0.3 is 0 Å². The van der Waals surface area contributed by atoms with Crippen LogP contribution in [0.2, 0.25) is 0 Å². The fraction of sp³-hybridized carbons (Fsp3) is 0.231. The number of carbonyl (C=O) groups is 2. The number of nitrogens with zero attached hydrogens (tertiary/aromatic N) is 1. The summed E-state index contributed by atoms with van der Waals surface area (Å²) in [7, 11) is 0. The summed E-state index contributed by atoms with van der Waals surface area (Å²) in [5, 5.41) is 0. The molecule has 0 saturated carbocycles. The van der Waals surface area contributed by atoms with E-state index in [2.05, 4.69) is 0 Å². The zero-order chi connectivity index (χ0) is 13.1. The molecule has 1 aromatic carbocycles. The summed E-state index contributed by atoms with van der Waals surface area (Å²) in [5.41, 5.74) is 0.656. The Kier molecular flexibility index (Phi) is 3.50. The lowest BCUT2D eigenvalue weighted by Crippen LogP contribution is -2.23. The van der Waals surface area contributed by atoms with E-state index >= 15 is 0 Å². The minimum absolute atomic E-state index is 0.163. The lowest BCUT2D eigenvalue weighted by molar-refractivity contribution is 0.0720. The highest BCUT2D eigenvalue weighted by Crippen LogP contribution is 2.22. The molecular weight excluding hydrogens is 240 g/mol. The van der Waals surface area contributed by atoms with E-state index in [1.807, 2.05) is 0 Å². The van der Waals surface area contributed by atoms with Crippen LogP contribution in [0.15, 0.2) is 36.5 Å². The highest BCUT2D eigenvalue weighted by molar-refractivity contribution is 6.22. The zero-order valence-electron chi connectivity index (χ0n) is 9.48. The molecule has 18 heavy (non-hydrogen) atoms. The summed E-state index contributed by atoms with van der Waals surface area (Å²) >= 11 is 0. The number of hydrogen-bond acceptors (Lipinski definition) is 2. The molecule has 1 unspecified atom stereocenters. The number of rotatable bonds is 4. The molecule has 1 aliphatic heterocycles. The first kappa shape index (κ1) is 12.4. The van der Waals surface area contributed by atoms with Crippen molar-refractivity contribution in [3.05, 3.63) is 47.7 Å². The molecule has 1 atom stereocenters. The molecule has 0 bridgehead atoms. The van der Waals surface area contributed by atoms with Crippen LogP contribution in [-0.4, -0.2) is 29.6 Å². The number of imide groups is 1. The van der Waals surface area contributed by atoms with E-state index in [-0.39, 0.29) is 6.42 Å². The summed E-state index contributed by atoms with van der Waals surface area (Å²) in [6.45, 7) is -1.08. The standard InChI is InChI=1S/C13H11F2NO2/c14-8-9(15)4-3-7-16-12(17)10-5-1-2-6-11(10)13(16)18/h1-3,5-7,9H,4,8H2. The molecule has 94 valence electrons. The topological polar surface area (TPSA) is 37.4 Å². The Bertz CT molecular complexity index is 478. The van der Waals surface area contributed by atoms with Crippen molar-refractivity contribution in [1.82, 2.24) is 4.90 Å². The Balaban J connectivity index is 2.14. The third-order valence-electron chi connectivity index (χ3n) is 2.64. The first-order chi connectivity index (χ1) is 8.65. The molecule has 2 amide bonds. The second-order valence-corrected chi connectivity index (χ2v) is 3.90. The number of halogens is 2. The van der Waals surface area contributed by atoms with Gasteiger partial charge in [-0.1, -0.05) is 18.2 Å². The molecule has 1 aliphatic rings. The molecule has 1 aromatic rings. The normalized spacial score (nSPS) is 16.4. The quantitative estimate of drug-likeness (QED) is 0.771. The van der Waals surface area contributed by atoms with E-state index in [1.165, 1.54) is 12.3 Å². The maximum absolute atomic E-state index is 12.6. The fourth-order valence-corrected chi connectivity index (χ4v) is 1.72. The van der Waals surface area contributed by atoms with Crippen LogP contribution in [0.1, 0.15) is 27.1 Å². The number of carbonyl (C=O) groups excluding carboxylic acids is 2. The molecule has 0 aliphatic carbocycles. The summed E-state index contributed by atoms with van der Waals surface area (Å²) in [4.78, 5) is 24.6. The number of alkyl halides is 2. The molecule has 1 heterocycles. The van der Waals surface area contributed by atoms with E-state index in [1.54, 1.807) is 24.3 Å². The van der Waals surface area contributed by atoms with Gasteiger partial charge in [0.15, 0.2) is 0 Å². The first-order valence-electron chi connectivity index (χ1n) is 5.48. The second-order valence-electron chi connectivity index (χ2n) is 3.90. The van der Waals surface area contributed by atoms with Crippen LogP contribution in [0.4, 0.5) is 8.78 Å². The third kappa shape index (κ3) is 2.16. The number of amides is 2. The van der Waals surface area contributed by atoms with Gasteiger partial charge in [-0.25, -0.2) is 13.7 Å². The Morgan fingerprint density at radius 2 is 1.72 bits per heavy atom. The smallest absolute Gasteiger partial charge is 0.265 e. The summed E-state index contributed by atoms with van der Waals surface area (Å²) in [6.07, 6.45) is 0.722. The van der Waals surface area contributed by atoms with Crippen LogP contribution in [-0.2, 0) is 0 Å². The monoisotopic (exact) mass is 251 g/mol. The van der Waals surface area contributed by atoms with Crippen molar-refractivity contribution in [3.8, 4) is 0 Å². The number of fused-ring (bicyclic) bond motifs is 1. The lowest BCUT2D eigenvalue weighted by Gasteiger charge is -2.07. The van der Waals surface area contributed by atoms with Crippen molar-refractivity contribution < 1.29 is 18.4 Å². The molecule has 2 rings (SSSR count). The Hall–Kier alpha value is -2.04. The van der Waals surface area contributed by atoms with Gasteiger partial charge in [0.05, 0.1) is 11.1 Å². The van der Waals surface area contributed by atoms with Crippen LogP contribution in [0.3, 0.4) is 0 Å². The molecule has 0 N–H and O–H groups in total. The highest BCUT2D eigenvalue weighted by Gasteiger charge is 2.33. The van der Waals surface area contributed by atoms with Crippen molar-refractivity contribution >= 4 is 11.8 Å². The van der Waals surface area contributed by atoms with Crippen molar-refractivity contribution in [1.29, 1.82) is 0 Å². The average molecular weight is 251 g/mol. The zero-order valence-corrected chi connectivity index (χ0v) is 9.48. The minimum Gasteiger partial charge on any atom is -0.268 e. The molecule has 3 nitrogen and oxygen atoms in total. The average Bonchev–Trinajstić information content (AvgIpc) is 2.64. The predicted octanol–water partition coefficient (Wildman–Crippen LogP) is 2.49. The van der Waals surface area contributed by atoms with E-state index in [9.17, 15) is 18.4 Å². The van der Waals surface area contributed by atoms with Gasteiger partial charge in [0.1, 0.15) is 12.8 Å². The first-order valence-corrected chi connectivity index (χ1v) is 5.48. The SMILES string of the molecule is O=C1c2ccccc2C(=O)N1C=CCC(F)CF. The second kappa shape index (κ2) is 5.08. The summed E-state index contributed by atoms with van der Waals surface area (Å²) < 4.78 is 24.5. The maximum Gasteiger partial charge on any atom is 0.265 e. The van der Waals surface area contributed by atoms with Gasteiger partial charge in [-0.2, -0.15) is 0 Å². The van der Waals surface area contributed by atoms with Crippen LogP contribution < -0.4 is 0 Å². The van der Waals surface area contributed by atoms with Gasteiger partial charge in [-0.3, -0.25) is 9.59 Å². The van der Waals surface area contributed by atoms with Gasteiger partial charge in [0, 0.05) is 12.6 Å². The van der Waals surface area contributed by atoms with E-state index in [0.717, 1.165) is 4.90 Å². The molecule has 0 spiro atoms.